The van der Waals surface area contributed by atoms with Gasteiger partial charge in [-0.05, 0) is 12.5 Å². The predicted octanol–water partition coefficient (Wildman–Crippen LogP) is 0.628. The Labute approximate surface area is 98.8 Å². The molecule has 2 atom stereocenters. The van der Waals surface area contributed by atoms with E-state index in [1.807, 2.05) is 12.1 Å². The van der Waals surface area contributed by atoms with Gasteiger partial charge in [-0.2, -0.15) is 0 Å². The van der Waals surface area contributed by atoms with Crippen LogP contribution in [-0.4, -0.2) is 28.7 Å². The smallest absolute Gasteiger partial charge is 0.233 e. The summed E-state index contributed by atoms with van der Waals surface area (Å²) < 4.78 is 0. The first-order valence-corrected chi connectivity index (χ1v) is 5.69. The number of imide groups is 1. The van der Waals surface area contributed by atoms with E-state index in [4.69, 9.17) is 0 Å². The highest BCUT2D eigenvalue weighted by Crippen LogP contribution is 2.47. The third-order valence-corrected chi connectivity index (χ3v) is 3.41. The summed E-state index contributed by atoms with van der Waals surface area (Å²) >= 11 is 0. The maximum absolute atomic E-state index is 11.8. The van der Waals surface area contributed by atoms with Crippen molar-refractivity contribution in [3.8, 4) is 0 Å². The molecular weight excluding hydrogens is 218 g/mol. The molecular formula is C12H13N3O2. The monoisotopic (exact) mass is 231 g/mol. The first-order chi connectivity index (χ1) is 8.22. The van der Waals surface area contributed by atoms with Crippen LogP contribution in [0.2, 0.25) is 0 Å². The molecule has 0 aromatic carbocycles. The maximum Gasteiger partial charge on any atom is 0.233 e. The summed E-state index contributed by atoms with van der Waals surface area (Å²) in [4.78, 5) is 29.2. The zero-order valence-corrected chi connectivity index (χ0v) is 9.51. The van der Waals surface area contributed by atoms with E-state index in [0.29, 0.717) is 12.4 Å². The number of carbonyl (C=O) groups is 2. The van der Waals surface area contributed by atoms with Crippen molar-refractivity contribution in [1.29, 1.82) is 0 Å². The molecule has 0 spiro atoms. The van der Waals surface area contributed by atoms with E-state index < -0.39 is 0 Å². The number of aromatic nitrogens is 1. The molecule has 1 N–H and O–H groups in total. The van der Waals surface area contributed by atoms with Crippen molar-refractivity contribution in [3.05, 3.63) is 23.9 Å². The van der Waals surface area contributed by atoms with E-state index >= 15 is 0 Å². The highest BCUT2D eigenvalue weighted by molar-refractivity contribution is 6.08. The first-order valence-electron chi connectivity index (χ1n) is 5.69. The summed E-state index contributed by atoms with van der Waals surface area (Å²) in [6, 6.07) is 3.69. The largest absolute Gasteiger partial charge is 0.373 e. The fourth-order valence-corrected chi connectivity index (χ4v) is 2.37. The number of hydrogen-bond acceptors (Lipinski definition) is 4. The molecule has 88 valence electrons. The third-order valence-electron chi connectivity index (χ3n) is 3.41. The summed E-state index contributed by atoms with van der Waals surface area (Å²) in [7, 11) is 1.77. The van der Waals surface area contributed by atoms with Crippen LogP contribution >= 0.6 is 0 Å². The number of carbonyl (C=O) groups excluding carboxylic acids is 2. The Bertz CT molecular complexity index is 480. The normalized spacial score (nSPS) is 26.1. The van der Waals surface area contributed by atoms with Crippen LogP contribution in [0.4, 0.5) is 5.82 Å². The van der Waals surface area contributed by atoms with Crippen molar-refractivity contribution in [2.24, 2.45) is 11.8 Å². The number of fused-ring (bicyclic) bond motifs is 1. The molecule has 0 radical (unpaired) electrons. The van der Waals surface area contributed by atoms with E-state index in [2.05, 4.69) is 10.3 Å². The minimum Gasteiger partial charge on any atom is -0.373 e. The number of nitrogens with zero attached hydrogens (tertiary/aromatic N) is 2. The Morgan fingerprint density at radius 2 is 2.12 bits per heavy atom. The van der Waals surface area contributed by atoms with E-state index in [-0.39, 0.29) is 23.7 Å². The fraction of sp³-hybridized carbons (Fsp3) is 0.417. The minimum atomic E-state index is -0.0304. The molecule has 1 saturated carbocycles. The molecule has 1 aliphatic carbocycles. The molecule has 2 amide bonds. The molecule has 5 nitrogen and oxygen atoms in total. The summed E-state index contributed by atoms with van der Waals surface area (Å²) in [5, 5.41) is 2.96. The molecule has 1 saturated heterocycles. The third kappa shape index (κ3) is 1.50. The van der Waals surface area contributed by atoms with Crippen molar-refractivity contribution in [2.45, 2.75) is 13.0 Å². The number of likely N-dealkylation sites (tertiary alicyclic amines) is 1. The summed E-state index contributed by atoms with van der Waals surface area (Å²) in [6.07, 6.45) is 2.43. The topological polar surface area (TPSA) is 62.3 Å². The van der Waals surface area contributed by atoms with Gasteiger partial charge < -0.3 is 5.32 Å². The minimum absolute atomic E-state index is 0.0223. The van der Waals surface area contributed by atoms with E-state index in [0.717, 1.165) is 12.0 Å². The Morgan fingerprint density at radius 3 is 2.76 bits per heavy atom. The lowest BCUT2D eigenvalue weighted by atomic mass is 10.2. The van der Waals surface area contributed by atoms with E-state index in [9.17, 15) is 9.59 Å². The Balaban J connectivity index is 1.83. The molecule has 2 aliphatic rings. The molecule has 3 rings (SSSR count). The van der Waals surface area contributed by atoms with Gasteiger partial charge in [0.05, 0.1) is 18.4 Å². The molecule has 1 aromatic rings. The average molecular weight is 231 g/mol. The zero-order valence-electron chi connectivity index (χ0n) is 9.51. The van der Waals surface area contributed by atoms with Crippen LogP contribution < -0.4 is 5.32 Å². The van der Waals surface area contributed by atoms with Crippen LogP contribution in [0.25, 0.3) is 0 Å². The molecule has 17 heavy (non-hydrogen) atoms. The van der Waals surface area contributed by atoms with Crippen molar-refractivity contribution in [3.63, 3.8) is 0 Å². The lowest BCUT2D eigenvalue weighted by molar-refractivity contribution is -0.142. The molecule has 5 heteroatoms. The van der Waals surface area contributed by atoms with E-state index in [1.54, 1.807) is 13.2 Å². The van der Waals surface area contributed by atoms with Crippen LogP contribution in [-0.2, 0) is 16.1 Å². The van der Waals surface area contributed by atoms with Crippen LogP contribution in [0, 0.1) is 11.8 Å². The van der Waals surface area contributed by atoms with Gasteiger partial charge >= 0.3 is 0 Å². The lowest BCUT2D eigenvalue weighted by Crippen LogP contribution is -2.32. The van der Waals surface area contributed by atoms with Gasteiger partial charge in [0.2, 0.25) is 11.8 Å². The Kier molecular flexibility index (Phi) is 2.14. The molecule has 1 aromatic heterocycles. The second-order valence-electron chi connectivity index (χ2n) is 4.47. The van der Waals surface area contributed by atoms with E-state index in [1.165, 1.54) is 4.90 Å². The van der Waals surface area contributed by atoms with Gasteiger partial charge in [0.15, 0.2) is 0 Å². The van der Waals surface area contributed by atoms with Crippen LogP contribution in [0.5, 0.6) is 0 Å². The van der Waals surface area contributed by atoms with Gasteiger partial charge in [-0.25, -0.2) is 4.98 Å². The number of hydrogen-bond donors (Lipinski definition) is 1. The first kappa shape index (κ1) is 10.3. The number of rotatable bonds is 3. The summed E-state index contributed by atoms with van der Waals surface area (Å²) in [5.74, 6) is 0.611. The SMILES string of the molecule is CNc1ncccc1CN1C(=O)C2CC2C1=O. The maximum atomic E-state index is 11.8. The highest BCUT2D eigenvalue weighted by atomic mass is 16.2. The highest BCUT2D eigenvalue weighted by Gasteiger charge is 2.58. The Hall–Kier alpha value is -1.91. The summed E-state index contributed by atoms with van der Waals surface area (Å²) in [5.41, 5.74) is 0.873. The lowest BCUT2D eigenvalue weighted by Gasteiger charge is -2.17. The van der Waals surface area contributed by atoms with Crippen molar-refractivity contribution < 1.29 is 9.59 Å². The van der Waals surface area contributed by atoms with Crippen LogP contribution in [0.1, 0.15) is 12.0 Å². The quantitative estimate of drug-likeness (QED) is 0.775. The summed E-state index contributed by atoms with van der Waals surface area (Å²) in [6.45, 7) is 0.328. The number of amides is 2. The van der Waals surface area contributed by atoms with Gasteiger partial charge in [0.1, 0.15) is 5.82 Å². The average Bonchev–Trinajstić information content (AvgIpc) is 3.10. The van der Waals surface area contributed by atoms with Gasteiger partial charge in [0, 0.05) is 18.8 Å². The standard InChI is InChI=1S/C12H13N3O2/c1-13-10-7(3-2-4-14-10)6-15-11(16)8-5-9(8)12(15)17/h2-4,8-9H,5-6H2,1H3,(H,13,14). The second-order valence-corrected chi connectivity index (χ2v) is 4.47. The number of pyridine rings is 1. The molecule has 2 fully saturated rings. The van der Waals surface area contributed by atoms with Crippen molar-refractivity contribution in [1.82, 2.24) is 9.88 Å². The number of piperidine rings is 1. The Morgan fingerprint density at radius 1 is 1.41 bits per heavy atom. The van der Waals surface area contributed by atoms with Gasteiger partial charge in [-0.3, -0.25) is 14.5 Å². The van der Waals surface area contributed by atoms with Crippen LogP contribution in [0.15, 0.2) is 18.3 Å². The van der Waals surface area contributed by atoms with Gasteiger partial charge in [-0.15, -0.1) is 0 Å². The molecule has 0 bridgehead atoms. The number of anilines is 1. The zero-order chi connectivity index (χ0) is 12.0. The molecule has 1 aliphatic heterocycles. The van der Waals surface area contributed by atoms with Gasteiger partial charge in [-0.1, -0.05) is 6.07 Å². The van der Waals surface area contributed by atoms with Crippen molar-refractivity contribution in [2.75, 3.05) is 12.4 Å². The molecule has 2 unspecified atom stereocenters. The van der Waals surface area contributed by atoms with Crippen molar-refractivity contribution >= 4 is 17.6 Å². The van der Waals surface area contributed by atoms with Gasteiger partial charge in [0.25, 0.3) is 0 Å². The number of nitrogens with one attached hydrogen (secondary N) is 1. The van der Waals surface area contributed by atoms with Crippen LogP contribution in [0.3, 0.4) is 0 Å². The molecule has 2 heterocycles. The second kappa shape index (κ2) is 3.55. The predicted molar refractivity (Wildman–Crippen MR) is 60.9 cm³/mol. The fourth-order valence-electron chi connectivity index (χ4n) is 2.37.